The summed E-state index contributed by atoms with van der Waals surface area (Å²) < 4.78 is 6.50. The second kappa shape index (κ2) is 6.55. The molecule has 18 heavy (non-hydrogen) atoms. The van der Waals surface area contributed by atoms with Gasteiger partial charge < -0.3 is 15.8 Å². The average molecular weight is 315 g/mol. The number of ether oxygens (including phenoxy) is 1. The Morgan fingerprint density at radius 3 is 2.61 bits per heavy atom. The van der Waals surface area contributed by atoms with Crippen LogP contribution in [0.5, 0.6) is 5.75 Å². The van der Waals surface area contributed by atoms with Gasteiger partial charge in [0.05, 0.1) is 7.11 Å². The van der Waals surface area contributed by atoms with Gasteiger partial charge in [-0.15, -0.1) is 0 Å². The summed E-state index contributed by atoms with van der Waals surface area (Å²) in [6, 6.07) is 6.31. The first-order chi connectivity index (χ1) is 8.43. The van der Waals surface area contributed by atoms with Crippen LogP contribution in [-0.4, -0.2) is 20.7 Å². The van der Waals surface area contributed by atoms with Crippen LogP contribution in [0.4, 0.5) is 0 Å². The quantitative estimate of drug-likeness (QED) is 0.848. The topological polar surface area (TPSA) is 47.3 Å². The fraction of sp³-hybridized carbons (Fsp3) is 0.571. The maximum atomic E-state index is 5.82. The third kappa shape index (κ3) is 3.97. The van der Waals surface area contributed by atoms with E-state index in [4.69, 9.17) is 10.5 Å². The maximum Gasteiger partial charge on any atom is 0.123 e. The Kier molecular flexibility index (Phi) is 5.63. The number of hydrogen-bond donors (Lipinski definition) is 2. The highest BCUT2D eigenvalue weighted by atomic mass is 79.9. The standard InChI is InChI=1S/C14H23BrN2O/c1-14(2,9-16)8-12(17-3)11-7-10(15)5-6-13(11)18-4/h5-7,12,17H,8-9,16H2,1-4H3. The van der Waals surface area contributed by atoms with Crippen molar-refractivity contribution in [2.75, 3.05) is 20.7 Å². The largest absolute Gasteiger partial charge is 0.496 e. The summed E-state index contributed by atoms with van der Waals surface area (Å²) >= 11 is 3.51. The molecule has 1 aromatic rings. The average Bonchev–Trinajstić information content (AvgIpc) is 2.36. The van der Waals surface area contributed by atoms with Gasteiger partial charge in [0.15, 0.2) is 0 Å². The number of benzene rings is 1. The molecule has 0 aliphatic carbocycles. The molecule has 3 nitrogen and oxygen atoms in total. The molecular weight excluding hydrogens is 292 g/mol. The molecular formula is C14H23BrN2O. The van der Waals surface area contributed by atoms with Crippen LogP contribution in [0.2, 0.25) is 0 Å². The summed E-state index contributed by atoms with van der Waals surface area (Å²) in [6.45, 7) is 5.03. The van der Waals surface area contributed by atoms with Gasteiger partial charge in [0.1, 0.15) is 5.75 Å². The van der Waals surface area contributed by atoms with E-state index in [1.165, 1.54) is 0 Å². The minimum atomic E-state index is 0.0982. The Labute approximate surface area is 118 Å². The number of rotatable bonds is 6. The predicted octanol–water partition coefficient (Wildman–Crippen LogP) is 3.09. The monoisotopic (exact) mass is 314 g/mol. The zero-order chi connectivity index (χ0) is 13.8. The lowest BCUT2D eigenvalue weighted by molar-refractivity contribution is 0.293. The van der Waals surface area contributed by atoms with Gasteiger partial charge in [0, 0.05) is 16.1 Å². The maximum absolute atomic E-state index is 5.82. The van der Waals surface area contributed by atoms with Gasteiger partial charge in [0.2, 0.25) is 0 Å². The first kappa shape index (κ1) is 15.5. The summed E-state index contributed by atoms with van der Waals surface area (Å²) in [5.74, 6) is 0.908. The van der Waals surface area contributed by atoms with Crippen molar-refractivity contribution in [3.8, 4) is 5.75 Å². The van der Waals surface area contributed by atoms with E-state index in [1.54, 1.807) is 7.11 Å². The Bertz CT molecular complexity index is 393. The molecule has 0 spiro atoms. The fourth-order valence-corrected chi connectivity index (χ4v) is 2.36. The summed E-state index contributed by atoms with van der Waals surface area (Å²) in [4.78, 5) is 0. The first-order valence-electron chi connectivity index (χ1n) is 6.14. The Morgan fingerprint density at radius 2 is 2.11 bits per heavy atom. The second-order valence-corrected chi connectivity index (χ2v) is 6.22. The van der Waals surface area contributed by atoms with Crippen LogP contribution in [0.1, 0.15) is 31.9 Å². The van der Waals surface area contributed by atoms with Crippen molar-refractivity contribution in [1.82, 2.24) is 5.32 Å². The molecule has 4 heteroatoms. The van der Waals surface area contributed by atoms with Crippen LogP contribution in [0, 0.1) is 5.41 Å². The molecule has 0 aromatic heterocycles. The molecule has 0 radical (unpaired) electrons. The molecule has 1 rings (SSSR count). The normalized spacial score (nSPS) is 13.4. The molecule has 1 unspecified atom stereocenters. The van der Waals surface area contributed by atoms with Crippen molar-refractivity contribution < 1.29 is 4.74 Å². The molecule has 102 valence electrons. The zero-order valence-electron chi connectivity index (χ0n) is 11.6. The summed E-state index contributed by atoms with van der Waals surface area (Å²) in [6.07, 6.45) is 0.965. The van der Waals surface area contributed by atoms with E-state index < -0.39 is 0 Å². The van der Waals surface area contributed by atoms with Crippen LogP contribution in [0.25, 0.3) is 0 Å². The third-order valence-electron chi connectivity index (χ3n) is 3.22. The van der Waals surface area contributed by atoms with Gasteiger partial charge in [-0.05, 0) is 43.6 Å². The van der Waals surface area contributed by atoms with Crippen LogP contribution in [-0.2, 0) is 0 Å². The van der Waals surface area contributed by atoms with Crippen molar-refractivity contribution in [2.45, 2.75) is 26.3 Å². The molecule has 0 saturated carbocycles. The van der Waals surface area contributed by atoms with E-state index >= 15 is 0 Å². The number of nitrogens with two attached hydrogens (primary N) is 1. The molecule has 0 fully saturated rings. The lowest BCUT2D eigenvalue weighted by atomic mass is 9.83. The zero-order valence-corrected chi connectivity index (χ0v) is 13.2. The van der Waals surface area contributed by atoms with Gasteiger partial charge in [-0.1, -0.05) is 29.8 Å². The highest BCUT2D eigenvalue weighted by Crippen LogP contribution is 2.35. The van der Waals surface area contributed by atoms with Crippen molar-refractivity contribution in [1.29, 1.82) is 0 Å². The number of hydrogen-bond acceptors (Lipinski definition) is 3. The molecule has 0 aliphatic rings. The van der Waals surface area contributed by atoms with Crippen LogP contribution in [0.15, 0.2) is 22.7 Å². The second-order valence-electron chi connectivity index (χ2n) is 5.30. The molecule has 1 atom stereocenters. The van der Waals surface area contributed by atoms with Gasteiger partial charge in [-0.25, -0.2) is 0 Å². The van der Waals surface area contributed by atoms with Gasteiger partial charge in [-0.2, -0.15) is 0 Å². The van der Waals surface area contributed by atoms with Crippen LogP contribution in [0.3, 0.4) is 0 Å². The smallest absolute Gasteiger partial charge is 0.123 e. The summed E-state index contributed by atoms with van der Waals surface area (Å²) in [5.41, 5.74) is 7.08. The minimum Gasteiger partial charge on any atom is -0.496 e. The summed E-state index contributed by atoms with van der Waals surface area (Å²) in [7, 11) is 3.67. The lowest BCUT2D eigenvalue weighted by Crippen LogP contribution is -2.30. The lowest BCUT2D eigenvalue weighted by Gasteiger charge is -2.29. The molecule has 0 saturated heterocycles. The Balaban J connectivity index is 3.04. The minimum absolute atomic E-state index is 0.0982. The Hall–Kier alpha value is -0.580. The van der Waals surface area contributed by atoms with Crippen molar-refractivity contribution in [3.05, 3.63) is 28.2 Å². The Morgan fingerprint density at radius 1 is 1.44 bits per heavy atom. The summed E-state index contributed by atoms with van der Waals surface area (Å²) in [5, 5.41) is 3.35. The van der Waals surface area contributed by atoms with E-state index in [2.05, 4.69) is 41.2 Å². The number of methoxy groups -OCH3 is 1. The van der Waals surface area contributed by atoms with Crippen LogP contribution >= 0.6 is 15.9 Å². The van der Waals surface area contributed by atoms with E-state index in [0.29, 0.717) is 6.54 Å². The van der Waals surface area contributed by atoms with Gasteiger partial charge >= 0.3 is 0 Å². The SMILES string of the molecule is CNC(CC(C)(C)CN)c1cc(Br)ccc1OC. The molecule has 3 N–H and O–H groups in total. The van der Waals surface area contributed by atoms with Gasteiger partial charge in [0.25, 0.3) is 0 Å². The van der Waals surface area contributed by atoms with E-state index in [-0.39, 0.29) is 11.5 Å². The molecule has 0 amide bonds. The number of nitrogens with one attached hydrogen (secondary N) is 1. The first-order valence-corrected chi connectivity index (χ1v) is 6.93. The molecule has 0 aliphatic heterocycles. The van der Waals surface area contributed by atoms with Gasteiger partial charge in [-0.3, -0.25) is 0 Å². The third-order valence-corrected chi connectivity index (χ3v) is 3.72. The molecule has 1 aromatic carbocycles. The number of halogens is 1. The highest BCUT2D eigenvalue weighted by molar-refractivity contribution is 9.10. The van der Waals surface area contributed by atoms with Crippen molar-refractivity contribution in [3.63, 3.8) is 0 Å². The van der Waals surface area contributed by atoms with E-state index in [0.717, 1.165) is 22.2 Å². The highest BCUT2D eigenvalue weighted by Gasteiger charge is 2.24. The molecule has 0 bridgehead atoms. The van der Waals surface area contributed by atoms with Crippen molar-refractivity contribution >= 4 is 15.9 Å². The molecule has 0 heterocycles. The van der Waals surface area contributed by atoms with E-state index in [9.17, 15) is 0 Å². The van der Waals surface area contributed by atoms with Crippen LogP contribution < -0.4 is 15.8 Å². The fourth-order valence-electron chi connectivity index (χ4n) is 1.98. The van der Waals surface area contributed by atoms with Crippen molar-refractivity contribution in [2.24, 2.45) is 11.1 Å². The predicted molar refractivity (Wildman–Crippen MR) is 79.9 cm³/mol. The van der Waals surface area contributed by atoms with E-state index in [1.807, 2.05) is 19.2 Å².